The number of aliphatic imine (C=N–C) groups is 1. The maximum absolute atomic E-state index is 8.32. The lowest BCUT2D eigenvalue weighted by Gasteiger charge is -2.05. The molecule has 1 aromatic carbocycles. The molecule has 3 heteroatoms. The number of amidine groups is 1. The van der Waals surface area contributed by atoms with Gasteiger partial charge in [-0.2, -0.15) is 10.3 Å². The first-order valence-electron chi connectivity index (χ1n) is 4.47. The highest BCUT2D eigenvalue weighted by atomic mass is 14.8. The number of hydrogen-bond donors (Lipinski definition) is 1. The van der Waals surface area contributed by atoms with E-state index in [9.17, 15) is 0 Å². The molecule has 0 heterocycles. The molecule has 0 aliphatic heterocycles. The smallest absolute Gasteiger partial charge is 0.207 e. The molecule has 0 aromatic heterocycles. The van der Waals surface area contributed by atoms with Crippen LogP contribution in [0, 0.1) is 11.5 Å². The second kappa shape index (κ2) is 4.43. The van der Waals surface area contributed by atoms with Crippen LogP contribution in [0.5, 0.6) is 0 Å². The molecule has 0 spiro atoms. The van der Waals surface area contributed by atoms with Crippen LogP contribution in [0.3, 0.4) is 0 Å². The fraction of sp³-hybridized carbons (Fsp3) is 0.273. The normalized spacial score (nSPS) is 11.4. The monoisotopic (exact) mass is 187 g/mol. The van der Waals surface area contributed by atoms with E-state index in [1.165, 1.54) is 5.56 Å². The zero-order valence-electron chi connectivity index (χ0n) is 8.36. The molecule has 0 atom stereocenters. The highest BCUT2D eigenvalue weighted by molar-refractivity contribution is 5.97. The summed E-state index contributed by atoms with van der Waals surface area (Å²) >= 11 is 0. The third-order valence-electron chi connectivity index (χ3n) is 2.04. The van der Waals surface area contributed by atoms with Crippen LogP contribution >= 0.6 is 0 Å². The van der Waals surface area contributed by atoms with Gasteiger partial charge in [-0.05, 0) is 11.5 Å². The quantitative estimate of drug-likeness (QED) is 0.437. The molecule has 0 fully saturated rings. The zero-order chi connectivity index (χ0) is 10.6. The van der Waals surface area contributed by atoms with Crippen molar-refractivity contribution in [1.29, 1.82) is 5.26 Å². The molecule has 0 unspecified atom stereocenters. The first-order chi connectivity index (χ1) is 6.65. The molecule has 2 N–H and O–H groups in total. The van der Waals surface area contributed by atoms with Crippen LogP contribution in [-0.4, -0.2) is 5.84 Å². The van der Waals surface area contributed by atoms with Crippen molar-refractivity contribution in [3.05, 3.63) is 35.4 Å². The third kappa shape index (κ3) is 2.33. The van der Waals surface area contributed by atoms with E-state index in [2.05, 4.69) is 18.8 Å². The van der Waals surface area contributed by atoms with Crippen molar-refractivity contribution in [3.63, 3.8) is 0 Å². The van der Waals surface area contributed by atoms with Gasteiger partial charge in [-0.25, -0.2) is 0 Å². The first-order valence-corrected chi connectivity index (χ1v) is 4.47. The van der Waals surface area contributed by atoms with Crippen LogP contribution in [0.4, 0.5) is 0 Å². The summed E-state index contributed by atoms with van der Waals surface area (Å²) in [6.07, 6.45) is 1.67. The predicted molar refractivity (Wildman–Crippen MR) is 56.9 cm³/mol. The van der Waals surface area contributed by atoms with E-state index in [1.54, 1.807) is 6.19 Å². The van der Waals surface area contributed by atoms with Gasteiger partial charge in [0.1, 0.15) is 5.84 Å². The van der Waals surface area contributed by atoms with Crippen molar-refractivity contribution in [2.75, 3.05) is 0 Å². The van der Waals surface area contributed by atoms with Crippen LogP contribution in [0.15, 0.2) is 29.3 Å². The molecule has 14 heavy (non-hydrogen) atoms. The SMILES string of the molecule is CC(C)c1ccc(C(N)=NC#N)cc1. The fourth-order valence-electron chi connectivity index (χ4n) is 1.16. The molecule has 1 rings (SSSR count). The summed E-state index contributed by atoms with van der Waals surface area (Å²) in [5.41, 5.74) is 7.60. The number of hydrogen-bond acceptors (Lipinski definition) is 2. The molecule has 0 radical (unpaired) electrons. The van der Waals surface area contributed by atoms with Crippen molar-refractivity contribution < 1.29 is 0 Å². The second-order valence-electron chi connectivity index (χ2n) is 3.37. The van der Waals surface area contributed by atoms with Gasteiger partial charge in [-0.3, -0.25) is 0 Å². The topological polar surface area (TPSA) is 62.2 Å². The summed E-state index contributed by atoms with van der Waals surface area (Å²) in [6.45, 7) is 4.25. The van der Waals surface area contributed by atoms with Gasteiger partial charge in [0.2, 0.25) is 6.19 Å². The summed E-state index contributed by atoms with van der Waals surface area (Å²) in [5.74, 6) is 0.765. The number of nitriles is 1. The highest BCUT2D eigenvalue weighted by Crippen LogP contribution is 2.14. The van der Waals surface area contributed by atoms with E-state index in [4.69, 9.17) is 11.0 Å². The molecule has 0 saturated carbocycles. The molecule has 0 saturated heterocycles. The van der Waals surface area contributed by atoms with Gasteiger partial charge >= 0.3 is 0 Å². The highest BCUT2D eigenvalue weighted by Gasteiger charge is 2.00. The lowest BCUT2D eigenvalue weighted by molar-refractivity contribution is 0.866. The van der Waals surface area contributed by atoms with E-state index in [0.29, 0.717) is 5.92 Å². The summed E-state index contributed by atoms with van der Waals surface area (Å²) in [5, 5.41) is 8.32. The number of nitrogens with two attached hydrogens (primary N) is 1. The van der Waals surface area contributed by atoms with E-state index >= 15 is 0 Å². The third-order valence-corrected chi connectivity index (χ3v) is 2.04. The van der Waals surface area contributed by atoms with Crippen LogP contribution in [0.25, 0.3) is 0 Å². The molecule has 0 amide bonds. The minimum atomic E-state index is 0.266. The minimum absolute atomic E-state index is 0.266. The van der Waals surface area contributed by atoms with Crippen molar-refractivity contribution >= 4 is 5.84 Å². The maximum atomic E-state index is 8.32. The second-order valence-corrected chi connectivity index (χ2v) is 3.37. The Morgan fingerprint density at radius 3 is 2.36 bits per heavy atom. The van der Waals surface area contributed by atoms with Crippen LogP contribution in [0.1, 0.15) is 30.9 Å². The Balaban J connectivity index is 2.95. The maximum Gasteiger partial charge on any atom is 0.207 e. The Bertz CT molecular complexity index is 369. The van der Waals surface area contributed by atoms with E-state index in [0.717, 1.165) is 5.56 Å². The van der Waals surface area contributed by atoms with Crippen molar-refractivity contribution in [2.45, 2.75) is 19.8 Å². The molecular formula is C11H13N3. The molecule has 0 aliphatic carbocycles. The zero-order valence-corrected chi connectivity index (χ0v) is 8.36. The average molecular weight is 187 g/mol. The summed E-state index contributed by atoms with van der Waals surface area (Å²) < 4.78 is 0. The number of nitrogens with zero attached hydrogens (tertiary/aromatic N) is 2. The molecule has 1 aromatic rings. The van der Waals surface area contributed by atoms with Crippen molar-refractivity contribution in [3.8, 4) is 6.19 Å². The van der Waals surface area contributed by atoms with Gasteiger partial charge < -0.3 is 5.73 Å². The molecule has 0 aliphatic rings. The first kappa shape index (κ1) is 10.3. The Morgan fingerprint density at radius 1 is 1.36 bits per heavy atom. The van der Waals surface area contributed by atoms with Crippen LogP contribution < -0.4 is 5.73 Å². The van der Waals surface area contributed by atoms with Gasteiger partial charge in [0, 0.05) is 5.56 Å². The van der Waals surface area contributed by atoms with E-state index < -0.39 is 0 Å². The van der Waals surface area contributed by atoms with Crippen molar-refractivity contribution in [1.82, 2.24) is 0 Å². The summed E-state index contributed by atoms with van der Waals surface area (Å²) in [6, 6.07) is 7.76. The molecule has 3 nitrogen and oxygen atoms in total. The Morgan fingerprint density at radius 2 is 1.93 bits per heavy atom. The lowest BCUT2D eigenvalue weighted by atomic mass is 10.0. The number of rotatable bonds is 2. The van der Waals surface area contributed by atoms with Gasteiger partial charge in [-0.1, -0.05) is 38.1 Å². The minimum Gasteiger partial charge on any atom is -0.383 e. The number of benzene rings is 1. The molecule has 72 valence electrons. The van der Waals surface area contributed by atoms with Gasteiger partial charge in [0.25, 0.3) is 0 Å². The Labute approximate surface area is 83.9 Å². The summed E-state index contributed by atoms with van der Waals surface area (Å²) in [7, 11) is 0. The Hall–Kier alpha value is -1.82. The largest absolute Gasteiger partial charge is 0.383 e. The molecular weight excluding hydrogens is 174 g/mol. The summed E-state index contributed by atoms with van der Waals surface area (Å²) in [4.78, 5) is 3.47. The van der Waals surface area contributed by atoms with E-state index in [1.807, 2.05) is 24.3 Å². The Kier molecular flexibility index (Phi) is 3.24. The lowest BCUT2D eigenvalue weighted by Crippen LogP contribution is -2.12. The van der Waals surface area contributed by atoms with Crippen molar-refractivity contribution in [2.24, 2.45) is 10.7 Å². The van der Waals surface area contributed by atoms with Gasteiger partial charge in [-0.15, -0.1) is 0 Å². The van der Waals surface area contributed by atoms with Crippen LogP contribution in [0.2, 0.25) is 0 Å². The van der Waals surface area contributed by atoms with Crippen LogP contribution in [-0.2, 0) is 0 Å². The predicted octanol–water partition coefficient (Wildman–Crippen LogP) is 2.00. The van der Waals surface area contributed by atoms with E-state index in [-0.39, 0.29) is 5.84 Å². The molecule has 0 bridgehead atoms. The fourth-order valence-corrected chi connectivity index (χ4v) is 1.16. The van der Waals surface area contributed by atoms with Gasteiger partial charge in [0.15, 0.2) is 0 Å². The van der Waals surface area contributed by atoms with Gasteiger partial charge in [0.05, 0.1) is 0 Å². The average Bonchev–Trinajstić information content (AvgIpc) is 2.18. The standard InChI is InChI=1S/C11H13N3/c1-8(2)9-3-5-10(6-4-9)11(13)14-7-12/h3-6,8H,1-2H3,(H2,13,14).